The molecule has 0 radical (unpaired) electrons. The fourth-order valence-electron chi connectivity index (χ4n) is 4.76. The first kappa shape index (κ1) is 22.4. The summed E-state index contributed by atoms with van der Waals surface area (Å²) in [5.41, 5.74) is 2.16. The van der Waals surface area contributed by atoms with Gasteiger partial charge in [0.2, 0.25) is 5.91 Å². The van der Waals surface area contributed by atoms with Gasteiger partial charge < -0.3 is 10.2 Å². The van der Waals surface area contributed by atoms with Crippen LogP contribution in [-0.4, -0.2) is 36.3 Å². The third kappa shape index (κ3) is 4.97. The lowest BCUT2D eigenvalue weighted by Gasteiger charge is -2.32. The molecule has 0 bridgehead atoms. The lowest BCUT2D eigenvalue weighted by Crippen LogP contribution is -2.43. The molecule has 0 saturated carbocycles. The van der Waals surface area contributed by atoms with E-state index in [0.717, 1.165) is 31.4 Å². The minimum absolute atomic E-state index is 0.0229. The molecular weight excluding hydrogens is 417 g/mol. The summed E-state index contributed by atoms with van der Waals surface area (Å²) in [6.07, 6.45) is -0.0304. The summed E-state index contributed by atoms with van der Waals surface area (Å²) in [4.78, 5) is 27.0. The molecule has 2 amide bonds. The van der Waals surface area contributed by atoms with Crippen LogP contribution in [-0.2, 0) is 17.4 Å². The summed E-state index contributed by atoms with van der Waals surface area (Å²) in [6, 6.07) is 12.7. The average molecular weight is 444 g/mol. The highest BCUT2D eigenvalue weighted by atomic mass is 19.4. The van der Waals surface area contributed by atoms with Crippen LogP contribution in [0.25, 0.3) is 0 Å². The van der Waals surface area contributed by atoms with Crippen molar-refractivity contribution in [3.8, 4) is 0 Å². The molecule has 4 rings (SSSR count). The molecule has 0 aromatic heterocycles. The van der Waals surface area contributed by atoms with Crippen molar-refractivity contribution in [1.29, 1.82) is 0 Å². The fourth-order valence-corrected chi connectivity index (χ4v) is 4.76. The number of aryl methyl sites for hydroxylation is 1. The van der Waals surface area contributed by atoms with Crippen LogP contribution >= 0.6 is 0 Å². The zero-order valence-electron chi connectivity index (χ0n) is 17.8. The van der Waals surface area contributed by atoms with E-state index in [2.05, 4.69) is 23.5 Å². The molecule has 2 aromatic rings. The van der Waals surface area contributed by atoms with Crippen molar-refractivity contribution in [2.45, 2.75) is 44.2 Å². The molecule has 1 aliphatic carbocycles. The number of fused-ring (bicyclic) bond motifs is 1. The van der Waals surface area contributed by atoms with Gasteiger partial charge in [0.15, 0.2) is 0 Å². The van der Waals surface area contributed by atoms with Crippen LogP contribution in [0.1, 0.15) is 58.6 Å². The maximum absolute atomic E-state index is 12.7. The number of carbonyl (C=O) groups excluding carboxylic acids is 2. The van der Waals surface area contributed by atoms with E-state index in [0.29, 0.717) is 38.4 Å². The molecule has 1 saturated heterocycles. The summed E-state index contributed by atoms with van der Waals surface area (Å²) in [6.45, 7) is 1.47. The number of piperidine rings is 1. The minimum atomic E-state index is -4.42. The van der Waals surface area contributed by atoms with Gasteiger partial charge in [0.1, 0.15) is 0 Å². The second kappa shape index (κ2) is 9.35. The Kier molecular flexibility index (Phi) is 6.53. The van der Waals surface area contributed by atoms with Crippen molar-refractivity contribution in [3.63, 3.8) is 0 Å². The predicted molar refractivity (Wildman–Crippen MR) is 115 cm³/mol. The van der Waals surface area contributed by atoms with Gasteiger partial charge in [-0.3, -0.25) is 9.59 Å². The van der Waals surface area contributed by atoms with E-state index < -0.39 is 11.7 Å². The zero-order valence-corrected chi connectivity index (χ0v) is 17.8. The molecule has 1 unspecified atom stereocenters. The number of rotatable bonds is 4. The smallest absolute Gasteiger partial charge is 0.355 e. The number of carbonyl (C=O) groups is 2. The Morgan fingerprint density at radius 2 is 1.66 bits per heavy atom. The molecule has 7 heteroatoms. The summed E-state index contributed by atoms with van der Waals surface area (Å²) in [5, 5.41) is 3.11. The van der Waals surface area contributed by atoms with Crippen molar-refractivity contribution in [2.24, 2.45) is 5.92 Å². The Morgan fingerprint density at radius 1 is 0.969 bits per heavy atom. The first-order chi connectivity index (χ1) is 15.3. The number of nitrogens with one attached hydrogen (secondary N) is 1. The van der Waals surface area contributed by atoms with Gasteiger partial charge in [-0.2, -0.15) is 13.2 Å². The van der Waals surface area contributed by atoms with Crippen LogP contribution in [0, 0.1) is 5.92 Å². The highest BCUT2D eigenvalue weighted by molar-refractivity contribution is 5.94. The van der Waals surface area contributed by atoms with Gasteiger partial charge in [-0.15, -0.1) is 0 Å². The van der Waals surface area contributed by atoms with Gasteiger partial charge in [-0.1, -0.05) is 24.3 Å². The fraction of sp³-hybridized carbons (Fsp3) is 0.440. The van der Waals surface area contributed by atoms with Gasteiger partial charge in [-0.25, -0.2) is 0 Å². The van der Waals surface area contributed by atoms with Crippen LogP contribution in [0.5, 0.6) is 0 Å². The van der Waals surface area contributed by atoms with E-state index in [1.807, 2.05) is 6.07 Å². The van der Waals surface area contributed by atoms with Crippen molar-refractivity contribution in [3.05, 3.63) is 70.8 Å². The summed E-state index contributed by atoms with van der Waals surface area (Å²) in [5.74, 6) is -0.0817. The van der Waals surface area contributed by atoms with Crippen LogP contribution in [0.3, 0.4) is 0 Å². The molecule has 1 heterocycles. The van der Waals surface area contributed by atoms with E-state index in [-0.39, 0.29) is 23.3 Å². The molecule has 1 atom stereocenters. The molecule has 0 spiro atoms. The highest BCUT2D eigenvalue weighted by Crippen LogP contribution is 2.31. The first-order valence-corrected chi connectivity index (χ1v) is 11.1. The third-order valence-corrected chi connectivity index (χ3v) is 6.63. The Bertz CT molecular complexity index is 964. The van der Waals surface area contributed by atoms with Gasteiger partial charge in [-0.05, 0) is 67.5 Å². The Balaban J connectivity index is 1.27. The van der Waals surface area contributed by atoms with Crippen molar-refractivity contribution in [1.82, 2.24) is 10.2 Å². The first-order valence-electron chi connectivity index (χ1n) is 11.1. The van der Waals surface area contributed by atoms with Crippen LogP contribution < -0.4 is 5.32 Å². The number of halogens is 3. The SMILES string of the molecule is O=C(NCC1CCCc2ccccc21)C1CCN(C(=O)c2ccc(C(F)(F)F)cc2)CC1. The molecule has 32 heavy (non-hydrogen) atoms. The highest BCUT2D eigenvalue weighted by Gasteiger charge is 2.32. The number of benzene rings is 2. The Morgan fingerprint density at radius 3 is 2.34 bits per heavy atom. The lowest BCUT2D eigenvalue weighted by molar-refractivity contribution is -0.137. The molecule has 4 nitrogen and oxygen atoms in total. The monoisotopic (exact) mass is 444 g/mol. The summed E-state index contributed by atoms with van der Waals surface area (Å²) in [7, 11) is 0. The van der Waals surface area contributed by atoms with E-state index in [4.69, 9.17) is 0 Å². The standard InChI is InChI=1S/C25H27F3N2O2/c26-25(27,28)21-10-8-19(9-11-21)24(32)30-14-12-18(13-15-30)23(31)29-16-20-6-3-5-17-4-1-2-7-22(17)20/h1-2,4,7-11,18,20H,3,5-6,12-16H2,(H,29,31). The lowest BCUT2D eigenvalue weighted by atomic mass is 9.82. The molecule has 2 aromatic carbocycles. The van der Waals surface area contributed by atoms with Crippen molar-refractivity contribution >= 4 is 11.8 Å². The van der Waals surface area contributed by atoms with Gasteiger partial charge in [0.25, 0.3) is 5.91 Å². The summed E-state index contributed by atoms with van der Waals surface area (Å²) >= 11 is 0. The molecule has 170 valence electrons. The van der Waals surface area contributed by atoms with E-state index in [1.54, 1.807) is 4.90 Å². The van der Waals surface area contributed by atoms with Gasteiger partial charge in [0, 0.05) is 37.0 Å². The van der Waals surface area contributed by atoms with E-state index in [1.165, 1.54) is 23.3 Å². The average Bonchev–Trinajstić information content (AvgIpc) is 2.81. The minimum Gasteiger partial charge on any atom is -0.355 e. The molecule has 2 aliphatic rings. The number of hydrogen-bond acceptors (Lipinski definition) is 2. The summed E-state index contributed by atoms with van der Waals surface area (Å²) < 4.78 is 38.1. The maximum atomic E-state index is 12.7. The number of amides is 2. The molecule has 1 aliphatic heterocycles. The van der Waals surface area contributed by atoms with Crippen molar-refractivity contribution < 1.29 is 22.8 Å². The number of likely N-dealkylation sites (tertiary alicyclic amines) is 1. The third-order valence-electron chi connectivity index (χ3n) is 6.63. The van der Waals surface area contributed by atoms with E-state index >= 15 is 0 Å². The topological polar surface area (TPSA) is 49.4 Å². The van der Waals surface area contributed by atoms with Crippen LogP contribution in [0.15, 0.2) is 48.5 Å². The van der Waals surface area contributed by atoms with Crippen LogP contribution in [0.4, 0.5) is 13.2 Å². The Labute approximate surface area is 185 Å². The maximum Gasteiger partial charge on any atom is 0.416 e. The predicted octanol–water partition coefficient (Wildman–Crippen LogP) is 4.79. The number of nitrogens with zero attached hydrogens (tertiary/aromatic N) is 1. The second-order valence-electron chi connectivity index (χ2n) is 8.67. The quantitative estimate of drug-likeness (QED) is 0.737. The van der Waals surface area contributed by atoms with Gasteiger partial charge in [0.05, 0.1) is 5.56 Å². The zero-order chi connectivity index (χ0) is 22.7. The number of alkyl halides is 3. The molecular formula is C25H27F3N2O2. The number of hydrogen-bond donors (Lipinski definition) is 1. The van der Waals surface area contributed by atoms with E-state index in [9.17, 15) is 22.8 Å². The van der Waals surface area contributed by atoms with Gasteiger partial charge >= 0.3 is 6.18 Å². The van der Waals surface area contributed by atoms with Crippen molar-refractivity contribution in [2.75, 3.05) is 19.6 Å². The normalized spacial score (nSPS) is 19.3. The molecule has 1 fully saturated rings. The van der Waals surface area contributed by atoms with Crippen LogP contribution in [0.2, 0.25) is 0 Å². The Hall–Kier alpha value is -2.83. The second-order valence-corrected chi connectivity index (χ2v) is 8.67. The molecule has 1 N–H and O–H groups in total. The largest absolute Gasteiger partial charge is 0.416 e.